The summed E-state index contributed by atoms with van der Waals surface area (Å²) in [5, 5.41) is 3.64. The molecule has 5 nitrogen and oxygen atoms in total. The van der Waals surface area contributed by atoms with Gasteiger partial charge in [0.1, 0.15) is 4.88 Å². The second-order valence-electron chi connectivity index (χ2n) is 4.88. The average Bonchev–Trinajstić information content (AvgIpc) is 3.25. The molecule has 1 aromatic carbocycles. The molecule has 0 aliphatic carbocycles. The molecule has 0 aliphatic heterocycles. The van der Waals surface area contributed by atoms with Gasteiger partial charge in [0.2, 0.25) is 0 Å². The molecule has 3 rings (SSSR count). The molecule has 0 spiro atoms. The average molecular weight is 327 g/mol. The van der Waals surface area contributed by atoms with Gasteiger partial charge in [0.05, 0.1) is 12.3 Å². The van der Waals surface area contributed by atoms with E-state index in [9.17, 15) is 4.79 Å². The molecule has 2 aromatic heterocycles. The van der Waals surface area contributed by atoms with Crippen molar-refractivity contribution in [3.63, 3.8) is 0 Å². The van der Waals surface area contributed by atoms with Crippen molar-refractivity contribution in [2.75, 3.05) is 20.3 Å². The van der Waals surface area contributed by atoms with Crippen molar-refractivity contribution in [3.8, 4) is 16.4 Å². The van der Waals surface area contributed by atoms with E-state index in [0.717, 1.165) is 10.7 Å². The summed E-state index contributed by atoms with van der Waals surface area (Å²) in [7, 11) is 1.61. The highest BCUT2D eigenvalue weighted by atomic mass is 32.1. The standard InChI is InChI=1S/C17H17N3O2S/c1-22-12-9-18-16(21)15-14(13-7-3-2-4-8-13)19-17(23-15)20-10-5-6-11-20/h2-8,10-11H,9,12H2,1H3,(H,18,21). The molecular formula is C17H17N3O2S. The SMILES string of the molecule is COCCNC(=O)c1sc(-n2cccc2)nc1-c1ccccc1. The zero-order chi connectivity index (χ0) is 16.1. The summed E-state index contributed by atoms with van der Waals surface area (Å²) in [4.78, 5) is 17.8. The third kappa shape index (κ3) is 3.49. The van der Waals surface area contributed by atoms with E-state index in [-0.39, 0.29) is 5.91 Å². The van der Waals surface area contributed by atoms with Crippen LogP contribution in [0, 0.1) is 0 Å². The van der Waals surface area contributed by atoms with Gasteiger partial charge in [-0.2, -0.15) is 0 Å². The number of benzene rings is 1. The van der Waals surface area contributed by atoms with Crippen molar-refractivity contribution < 1.29 is 9.53 Å². The van der Waals surface area contributed by atoms with Crippen LogP contribution in [0.4, 0.5) is 0 Å². The summed E-state index contributed by atoms with van der Waals surface area (Å²) in [6.45, 7) is 0.954. The smallest absolute Gasteiger partial charge is 0.263 e. The van der Waals surface area contributed by atoms with Crippen molar-refractivity contribution >= 4 is 17.2 Å². The van der Waals surface area contributed by atoms with E-state index < -0.39 is 0 Å². The Labute approximate surface area is 138 Å². The van der Waals surface area contributed by atoms with Crippen LogP contribution < -0.4 is 5.32 Å². The topological polar surface area (TPSA) is 56.1 Å². The molecule has 0 aliphatic rings. The number of rotatable bonds is 6. The second kappa shape index (κ2) is 7.21. The minimum absolute atomic E-state index is 0.128. The van der Waals surface area contributed by atoms with Gasteiger partial charge in [-0.15, -0.1) is 0 Å². The first kappa shape index (κ1) is 15.5. The zero-order valence-corrected chi connectivity index (χ0v) is 13.5. The van der Waals surface area contributed by atoms with E-state index in [2.05, 4.69) is 10.3 Å². The van der Waals surface area contributed by atoms with Gasteiger partial charge in [0, 0.05) is 31.6 Å². The molecule has 6 heteroatoms. The Morgan fingerprint density at radius 1 is 1.22 bits per heavy atom. The van der Waals surface area contributed by atoms with Crippen LogP contribution in [0.2, 0.25) is 0 Å². The number of ether oxygens (including phenoxy) is 1. The van der Waals surface area contributed by atoms with Crippen LogP contribution in [0.3, 0.4) is 0 Å². The minimum atomic E-state index is -0.128. The first-order valence-corrected chi connectivity index (χ1v) is 8.08. The number of amides is 1. The van der Waals surface area contributed by atoms with Crippen molar-refractivity contribution in [1.82, 2.24) is 14.9 Å². The summed E-state index contributed by atoms with van der Waals surface area (Å²) in [5.41, 5.74) is 1.63. The van der Waals surface area contributed by atoms with Crippen molar-refractivity contribution in [1.29, 1.82) is 0 Å². The molecule has 0 unspecified atom stereocenters. The van der Waals surface area contributed by atoms with Crippen LogP contribution in [-0.4, -0.2) is 35.7 Å². The number of carbonyl (C=O) groups is 1. The van der Waals surface area contributed by atoms with E-state index in [1.54, 1.807) is 7.11 Å². The number of nitrogens with zero attached hydrogens (tertiary/aromatic N) is 2. The molecular weight excluding hydrogens is 310 g/mol. The van der Waals surface area contributed by atoms with Crippen LogP contribution in [0.15, 0.2) is 54.9 Å². The lowest BCUT2D eigenvalue weighted by Crippen LogP contribution is -2.26. The monoisotopic (exact) mass is 327 g/mol. The Morgan fingerprint density at radius 3 is 2.65 bits per heavy atom. The minimum Gasteiger partial charge on any atom is -0.383 e. The number of aromatic nitrogens is 2. The number of hydrogen-bond acceptors (Lipinski definition) is 4. The van der Waals surface area contributed by atoms with Crippen LogP contribution in [0.1, 0.15) is 9.67 Å². The Bertz CT molecular complexity index is 767. The molecule has 0 saturated heterocycles. The van der Waals surface area contributed by atoms with Gasteiger partial charge in [-0.25, -0.2) is 4.98 Å². The highest BCUT2D eigenvalue weighted by Crippen LogP contribution is 2.30. The lowest BCUT2D eigenvalue weighted by molar-refractivity contribution is 0.0941. The number of carbonyl (C=O) groups excluding carboxylic acids is 1. The molecule has 23 heavy (non-hydrogen) atoms. The lowest BCUT2D eigenvalue weighted by atomic mass is 10.1. The van der Waals surface area contributed by atoms with Crippen LogP contribution >= 0.6 is 11.3 Å². The van der Waals surface area contributed by atoms with Gasteiger partial charge in [-0.1, -0.05) is 41.7 Å². The summed E-state index contributed by atoms with van der Waals surface area (Å²) in [6, 6.07) is 13.6. The normalized spacial score (nSPS) is 10.7. The van der Waals surface area contributed by atoms with Gasteiger partial charge in [0.15, 0.2) is 5.13 Å². The maximum Gasteiger partial charge on any atom is 0.263 e. The summed E-state index contributed by atoms with van der Waals surface area (Å²) >= 11 is 1.38. The maximum absolute atomic E-state index is 12.5. The number of thiazole rings is 1. The zero-order valence-electron chi connectivity index (χ0n) is 12.7. The molecule has 2 heterocycles. The van der Waals surface area contributed by atoms with Gasteiger partial charge in [-0.05, 0) is 12.1 Å². The summed E-state index contributed by atoms with van der Waals surface area (Å²) in [5.74, 6) is -0.128. The third-order valence-electron chi connectivity index (χ3n) is 3.29. The van der Waals surface area contributed by atoms with Crippen LogP contribution in [0.25, 0.3) is 16.4 Å². The quantitative estimate of drug-likeness (QED) is 0.708. The number of nitrogens with one attached hydrogen (secondary N) is 1. The molecule has 3 aromatic rings. The van der Waals surface area contributed by atoms with Crippen LogP contribution in [-0.2, 0) is 4.74 Å². The molecule has 0 saturated carbocycles. The predicted octanol–water partition coefficient (Wildman–Crippen LogP) is 2.98. The Hall–Kier alpha value is -2.44. The Morgan fingerprint density at radius 2 is 1.96 bits per heavy atom. The molecule has 0 bridgehead atoms. The Kier molecular flexibility index (Phi) is 4.85. The molecule has 0 radical (unpaired) electrons. The van der Waals surface area contributed by atoms with Gasteiger partial charge in [-0.3, -0.25) is 4.79 Å². The van der Waals surface area contributed by atoms with E-state index in [1.807, 2.05) is 59.4 Å². The molecule has 1 amide bonds. The van der Waals surface area contributed by atoms with Crippen molar-refractivity contribution in [2.24, 2.45) is 0 Å². The van der Waals surface area contributed by atoms with Gasteiger partial charge in [0.25, 0.3) is 5.91 Å². The largest absolute Gasteiger partial charge is 0.383 e. The number of hydrogen-bond donors (Lipinski definition) is 1. The predicted molar refractivity (Wildman–Crippen MR) is 91.1 cm³/mol. The van der Waals surface area contributed by atoms with Gasteiger partial charge < -0.3 is 14.6 Å². The van der Waals surface area contributed by atoms with E-state index in [0.29, 0.717) is 23.7 Å². The van der Waals surface area contributed by atoms with Crippen molar-refractivity contribution in [3.05, 3.63) is 59.7 Å². The highest BCUT2D eigenvalue weighted by Gasteiger charge is 2.19. The van der Waals surface area contributed by atoms with E-state index in [1.165, 1.54) is 11.3 Å². The maximum atomic E-state index is 12.5. The van der Waals surface area contributed by atoms with Crippen LogP contribution in [0.5, 0.6) is 0 Å². The van der Waals surface area contributed by atoms with E-state index >= 15 is 0 Å². The molecule has 0 fully saturated rings. The Balaban J connectivity index is 1.97. The highest BCUT2D eigenvalue weighted by molar-refractivity contribution is 7.16. The lowest BCUT2D eigenvalue weighted by Gasteiger charge is -2.04. The molecule has 1 N–H and O–H groups in total. The first-order chi connectivity index (χ1) is 11.3. The fraction of sp³-hybridized carbons (Fsp3) is 0.176. The van der Waals surface area contributed by atoms with Gasteiger partial charge >= 0.3 is 0 Å². The fourth-order valence-corrected chi connectivity index (χ4v) is 3.15. The second-order valence-corrected chi connectivity index (χ2v) is 5.86. The van der Waals surface area contributed by atoms with Crippen molar-refractivity contribution in [2.45, 2.75) is 0 Å². The molecule has 118 valence electrons. The molecule has 0 atom stereocenters. The fourth-order valence-electron chi connectivity index (χ4n) is 2.17. The number of methoxy groups -OCH3 is 1. The first-order valence-electron chi connectivity index (χ1n) is 7.26. The van der Waals surface area contributed by atoms with E-state index in [4.69, 9.17) is 4.74 Å². The summed E-state index contributed by atoms with van der Waals surface area (Å²) < 4.78 is 6.88. The third-order valence-corrected chi connectivity index (χ3v) is 4.35. The summed E-state index contributed by atoms with van der Waals surface area (Å²) in [6.07, 6.45) is 3.83.